The number of para-hydroxylation sites is 1. The molecule has 0 aliphatic carbocycles. The van der Waals surface area contributed by atoms with Crippen molar-refractivity contribution in [1.29, 1.82) is 0 Å². The van der Waals surface area contributed by atoms with Crippen molar-refractivity contribution < 1.29 is 9.72 Å². The van der Waals surface area contributed by atoms with Gasteiger partial charge in [0.15, 0.2) is 5.78 Å². The van der Waals surface area contributed by atoms with Gasteiger partial charge in [-0.15, -0.1) is 0 Å². The van der Waals surface area contributed by atoms with Gasteiger partial charge in [-0.05, 0) is 29.3 Å². The normalized spacial score (nSPS) is 11.0. The lowest BCUT2D eigenvalue weighted by atomic mass is 9.87. The maximum atomic E-state index is 12.9. The van der Waals surface area contributed by atoms with E-state index in [1.807, 2.05) is 60.7 Å². The molecule has 0 atom stereocenters. The van der Waals surface area contributed by atoms with E-state index in [-0.39, 0.29) is 11.5 Å². The summed E-state index contributed by atoms with van der Waals surface area (Å²) in [6.07, 6.45) is 2.94. The zero-order chi connectivity index (χ0) is 18.4. The summed E-state index contributed by atoms with van der Waals surface area (Å²) in [5, 5.41) is 11.1. The minimum Gasteiger partial charge on any atom is -0.294 e. The van der Waals surface area contributed by atoms with Gasteiger partial charge in [0.05, 0.1) is 16.4 Å². The second-order valence-electron chi connectivity index (χ2n) is 5.81. The first-order valence-electron chi connectivity index (χ1n) is 8.22. The molecule has 0 amide bonds. The molecular weight excluding hydrogens is 326 g/mol. The molecule has 0 aromatic heterocycles. The van der Waals surface area contributed by atoms with E-state index in [0.29, 0.717) is 5.56 Å². The second kappa shape index (κ2) is 8.03. The molecular formula is C22H17NO3. The van der Waals surface area contributed by atoms with Gasteiger partial charge in [-0.3, -0.25) is 14.9 Å². The van der Waals surface area contributed by atoms with Crippen LogP contribution in [0.3, 0.4) is 0 Å². The Morgan fingerprint density at radius 1 is 0.808 bits per heavy atom. The fourth-order valence-electron chi connectivity index (χ4n) is 2.87. The molecule has 128 valence electrons. The molecule has 0 spiro atoms. The van der Waals surface area contributed by atoms with Gasteiger partial charge in [-0.25, -0.2) is 0 Å². The first-order chi connectivity index (χ1) is 12.7. The molecule has 3 aromatic rings. The van der Waals surface area contributed by atoms with Gasteiger partial charge in [0.25, 0.3) is 5.69 Å². The van der Waals surface area contributed by atoms with Gasteiger partial charge in [0.2, 0.25) is 0 Å². The van der Waals surface area contributed by atoms with Crippen molar-refractivity contribution in [2.75, 3.05) is 0 Å². The van der Waals surface area contributed by atoms with Crippen LogP contribution in [0, 0.1) is 10.1 Å². The van der Waals surface area contributed by atoms with E-state index in [4.69, 9.17) is 0 Å². The van der Waals surface area contributed by atoms with Crippen LogP contribution in [0.25, 0.3) is 6.08 Å². The summed E-state index contributed by atoms with van der Waals surface area (Å²) in [7, 11) is 0. The molecule has 0 heterocycles. The van der Waals surface area contributed by atoms with Crippen LogP contribution in [0.4, 0.5) is 5.69 Å². The number of hydrogen-bond acceptors (Lipinski definition) is 3. The molecule has 3 aromatic carbocycles. The van der Waals surface area contributed by atoms with Gasteiger partial charge in [-0.1, -0.05) is 72.8 Å². The predicted octanol–water partition coefficient (Wildman–Crippen LogP) is 5.01. The van der Waals surface area contributed by atoms with Crippen molar-refractivity contribution in [1.82, 2.24) is 0 Å². The first-order valence-corrected chi connectivity index (χ1v) is 8.22. The molecule has 4 heteroatoms. The van der Waals surface area contributed by atoms with Crippen LogP contribution in [-0.4, -0.2) is 10.7 Å². The highest BCUT2D eigenvalue weighted by Crippen LogP contribution is 2.27. The van der Waals surface area contributed by atoms with Crippen LogP contribution in [0.2, 0.25) is 0 Å². The number of carbonyl (C=O) groups is 1. The van der Waals surface area contributed by atoms with Crippen LogP contribution in [0.15, 0.2) is 91.0 Å². The summed E-state index contributed by atoms with van der Waals surface area (Å²) >= 11 is 0. The number of nitro benzene ring substituents is 1. The Morgan fingerprint density at radius 3 is 1.85 bits per heavy atom. The van der Waals surface area contributed by atoms with Gasteiger partial charge in [0, 0.05) is 6.07 Å². The lowest BCUT2D eigenvalue weighted by Gasteiger charge is -2.15. The highest BCUT2D eigenvalue weighted by molar-refractivity contribution is 6.01. The number of allylic oxidation sites excluding steroid dienone is 1. The molecule has 0 aliphatic rings. The summed E-state index contributed by atoms with van der Waals surface area (Å²) < 4.78 is 0. The number of carbonyl (C=O) groups excluding carboxylic acids is 1. The van der Waals surface area contributed by atoms with Crippen molar-refractivity contribution >= 4 is 17.5 Å². The van der Waals surface area contributed by atoms with Crippen LogP contribution < -0.4 is 0 Å². The number of nitro groups is 1. The topological polar surface area (TPSA) is 60.2 Å². The maximum absolute atomic E-state index is 12.9. The molecule has 26 heavy (non-hydrogen) atoms. The molecule has 0 bridgehead atoms. The monoisotopic (exact) mass is 343 g/mol. The van der Waals surface area contributed by atoms with Crippen LogP contribution in [-0.2, 0) is 4.79 Å². The number of benzene rings is 3. The predicted molar refractivity (Wildman–Crippen MR) is 102 cm³/mol. The quantitative estimate of drug-likeness (QED) is 0.359. The van der Waals surface area contributed by atoms with E-state index in [1.54, 1.807) is 18.2 Å². The fraction of sp³-hybridized carbons (Fsp3) is 0.0455. The minimum atomic E-state index is -0.448. The zero-order valence-electron chi connectivity index (χ0n) is 14.0. The number of ketones is 1. The van der Waals surface area contributed by atoms with E-state index in [1.165, 1.54) is 18.2 Å². The third kappa shape index (κ3) is 3.92. The van der Waals surface area contributed by atoms with E-state index in [0.717, 1.165) is 11.1 Å². The molecule has 0 radical (unpaired) electrons. The van der Waals surface area contributed by atoms with E-state index in [9.17, 15) is 14.9 Å². The van der Waals surface area contributed by atoms with E-state index < -0.39 is 10.8 Å². The van der Waals surface area contributed by atoms with Crippen LogP contribution in [0.1, 0.15) is 22.6 Å². The molecule has 0 saturated heterocycles. The van der Waals surface area contributed by atoms with E-state index >= 15 is 0 Å². The SMILES string of the molecule is O=C(/C=C/c1ccccc1[N+](=O)[O-])C(c1ccccc1)c1ccccc1. The molecule has 0 aliphatic heterocycles. The molecule has 0 unspecified atom stereocenters. The van der Waals surface area contributed by atoms with Crippen molar-refractivity contribution in [2.24, 2.45) is 0 Å². The third-order valence-corrected chi connectivity index (χ3v) is 4.11. The summed E-state index contributed by atoms with van der Waals surface area (Å²) in [5.41, 5.74) is 2.16. The summed E-state index contributed by atoms with van der Waals surface area (Å²) in [5.74, 6) is -0.572. The van der Waals surface area contributed by atoms with Crippen molar-refractivity contribution in [3.63, 3.8) is 0 Å². The fourth-order valence-corrected chi connectivity index (χ4v) is 2.87. The van der Waals surface area contributed by atoms with Crippen molar-refractivity contribution in [2.45, 2.75) is 5.92 Å². The number of nitrogens with zero attached hydrogens (tertiary/aromatic N) is 1. The molecule has 0 fully saturated rings. The average molecular weight is 343 g/mol. The van der Waals surface area contributed by atoms with Gasteiger partial charge >= 0.3 is 0 Å². The maximum Gasteiger partial charge on any atom is 0.276 e. The van der Waals surface area contributed by atoms with Crippen LogP contribution >= 0.6 is 0 Å². The Labute approximate surface area is 151 Å². The first kappa shape index (κ1) is 17.3. The smallest absolute Gasteiger partial charge is 0.276 e. The van der Waals surface area contributed by atoms with Crippen LogP contribution in [0.5, 0.6) is 0 Å². The van der Waals surface area contributed by atoms with Gasteiger partial charge in [0.1, 0.15) is 0 Å². The Balaban J connectivity index is 1.96. The van der Waals surface area contributed by atoms with E-state index in [2.05, 4.69) is 0 Å². The summed E-state index contributed by atoms with van der Waals surface area (Å²) in [4.78, 5) is 23.6. The largest absolute Gasteiger partial charge is 0.294 e. The Hall–Kier alpha value is -3.53. The van der Waals surface area contributed by atoms with Crippen molar-refractivity contribution in [3.8, 4) is 0 Å². The number of hydrogen-bond donors (Lipinski definition) is 0. The third-order valence-electron chi connectivity index (χ3n) is 4.11. The molecule has 3 rings (SSSR count). The Kier molecular flexibility index (Phi) is 5.34. The molecule has 4 nitrogen and oxygen atoms in total. The summed E-state index contributed by atoms with van der Waals surface area (Å²) in [6.45, 7) is 0. The zero-order valence-corrected chi connectivity index (χ0v) is 14.0. The molecule has 0 N–H and O–H groups in total. The second-order valence-corrected chi connectivity index (χ2v) is 5.81. The standard InChI is InChI=1S/C22H17NO3/c24-21(16-15-17-9-7-8-14-20(17)23(25)26)22(18-10-3-1-4-11-18)19-12-5-2-6-13-19/h1-16,22H/b16-15+. The molecule has 0 saturated carbocycles. The highest BCUT2D eigenvalue weighted by atomic mass is 16.6. The van der Waals surface area contributed by atoms with Gasteiger partial charge < -0.3 is 0 Å². The van der Waals surface area contributed by atoms with Gasteiger partial charge in [-0.2, -0.15) is 0 Å². The average Bonchev–Trinajstić information content (AvgIpc) is 2.68. The lowest BCUT2D eigenvalue weighted by Crippen LogP contribution is -2.11. The summed E-state index contributed by atoms with van der Waals surface area (Å²) in [6, 6.07) is 25.4. The Bertz CT molecular complexity index is 894. The highest BCUT2D eigenvalue weighted by Gasteiger charge is 2.20. The number of rotatable bonds is 6. The minimum absolute atomic E-state index is 0.0208. The lowest BCUT2D eigenvalue weighted by molar-refractivity contribution is -0.385. The Morgan fingerprint density at radius 2 is 1.31 bits per heavy atom. The van der Waals surface area contributed by atoms with Crippen molar-refractivity contribution in [3.05, 3.63) is 118 Å².